The Balaban J connectivity index is 1.72. The summed E-state index contributed by atoms with van der Waals surface area (Å²) in [6.07, 6.45) is 0. The predicted octanol–water partition coefficient (Wildman–Crippen LogP) is 3.68. The SMILES string of the molecule is O=C(Cn1c(=O)n(-c2ccccc2)c(=O)c2oc3ccccc3c21)Nc1cccc(F)c1. The number of furan rings is 1. The second kappa shape index (κ2) is 7.66. The number of hydrogen-bond donors (Lipinski definition) is 1. The van der Waals surface area contributed by atoms with Crippen LogP contribution in [0.4, 0.5) is 10.1 Å². The summed E-state index contributed by atoms with van der Waals surface area (Å²) < 4.78 is 21.4. The molecule has 0 spiro atoms. The van der Waals surface area contributed by atoms with E-state index in [1.807, 2.05) is 0 Å². The molecule has 32 heavy (non-hydrogen) atoms. The third kappa shape index (κ3) is 3.27. The zero-order valence-electron chi connectivity index (χ0n) is 16.6. The van der Waals surface area contributed by atoms with Crippen LogP contribution in [0.15, 0.2) is 92.9 Å². The first kappa shape index (κ1) is 19.5. The van der Waals surface area contributed by atoms with Crippen LogP contribution < -0.4 is 16.6 Å². The second-order valence-electron chi connectivity index (χ2n) is 7.18. The lowest BCUT2D eigenvalue weighted by atomic mass is 10.2. The van der Waals surface area contributed by atoms with Crippen molar-refractivity contribution in [2.75, 3.05) is 5.32 Å². The molecule has 0 fully saturated rings. The Morgan fingerprint density at radius 3 is 2.47 bits per heavy atom. The first-order valence-corrected chi connectivity index (χ1v) is 9.81. The number of aromatic nitrogens is 2. The molecule has 0 aliphatic heterocycles. The molecular weight excluding hydrogens is 413 g/mol. The van der Waals surface area contributed by atoms with E-state index in [4.69, 9.17) is 4.42 Å². The molecule has 5 rings (SSSR count). The number of carbonyl (C=O) groups is 1. The molecule has 1 amide bonds. The minimum absolute atomic E-state index is 0.0341. The van der Waals surface area contributed by atoms with Crippen molar-refractivity contribution in [2.45, 2.75) is 6.54 Å². The van der Waals surface area contributed by atoms with Gasteiger partial charge in [0.15, 0.2) is 0 Å². The average Bonchev–Trinajstić information content (AvgIpc) is 3.17. The monoisotopic (exact) mass is 429 g/mol. The topological polar surface area (TPSA) is 86.2 Å². The largest absolute Gasteiger partial charge is 0.449 e. The third-order valence-electron chi connectivity index (χ3n) is 5.08. The van der Waals surface area contributed by atoms with E-state index in [0.29, 0.717) is 16.7 Å². The van der Waals surface area contributed by atoms with Crippen LogP contribution in [0.5, 0.6) is 0 Å². The molecule has 0 atom stereocenters. The lowest BCUT2D eigenvalue weighted by molar-refractivity contribution is -0.116. The van der Waals surface area contributed by atoms with Crippen molar-refractivity contribution in [2.24, 2.45) is 0 Å². The minimum atomic E-state index is -0.686. The van der Waals surface area contributed by atoms with E-state index in [1.165, 1.54) is 28.8 Å². The number of benzene rings is 3. The number of hydrogen-bond acceptors (Lipinski definition) is 4. The first-order chi connectivity index (χ1) is 15.5. The molecule has 0 unspecified atom stereocenters. The zero-order chi connectivity index (χ0) is 22.2. The molecular formula is C24H16FN3O4. The molecule has 1 N–H and O–H groups in total. The summed E-state index contributed by atoms with van der Waals surface area (Å²) in [5, 5.41) is 3.12. The van der Waals surface area contributed by atoms with Gasteiger partial charge in [0, 0.05) is 11.1 Å². The summed E-state index contributed by atoms with van der Waals surface area (Å²) in [5.41, 5.74) is -0.0739. The van der Waals surface area contributed by atoms with Gasteiger partial charge in [-0.1, -0.05) is 36.4 Å². The Morgan fingerprint density at radius 2 is 1.69 bits per heavy atom. The number of para-hydroxylation sites is 2. The molecule has 0 bridgehead atoms. The van der Waals surface area contributed by atoms with Crippen LogP contribution >= 0.6 is 0 Å². The fraction of sp³-hybridized carbons (Fsp3) is 0.0417. The Morgan fingerprint density at radius 1 is 0.938 bits per heavy atom. The van der Waals surface area contributed by atoms with Gasteiger partial charge in [0.25, 0.3) is 0 Å². The number of halogens is 1. The number of anilines is 1. The van der Waals surface area contributed by atoms with Gasteiger partial charge in [-0.3, -0.25) is 14.2 Å². The molecule has 0 aliphatic rings. The van der Waals surface area contributed by atoms with E-state index in [0.717, 1.165) is 4.57 Å². The van der Waals surface area contributed by atoms with E-state index in [-0.39, 0.29) is 16.8 Å². The number of fused-ring (bicyclic) bond motifs is 3. The number of rotatable bonds is 4. The maximum absolute atomic E-state index is 13.5. The summed E-state index contributed by atoms with van der Waals surface area (Å²) >= 11 is 0. The molecule has 0 saturated carbocycles. The van der Waals surface area contributed by atoms with Crippen LogP contribution in [0.25, 0.3) is 27.8 Å². The van der Waals surface area contributed by atoms with E-state index in [1.54, 1.807) is 54.6 Å². The number of nitrogens with zero attached hydrogens (tertiary/aromatic N) is 2. The number of carbonyl (C=O) groups excluding carboxylic acids is 1. The molecule has 8 heteroatoms. The highest BCUT2D eigenvalue weighted by Gasteiger charge is 2.22. The highest BCUT2D eigenvalue weighted by molar-refractivity contribution is 6.03. The first-order valence-electron chi connectivity index (χ1n) is 9.81. The highest BCUT2D eigenvalue weighted by Crippen LogP contribution is 2.26. The van der Waals surface area contributed by atoms with Gasteiger partial charge in [-0.2, -0.15) is 0 Å². The van der Waals surface area contributed by atoms with Gasteiger partial charge in [0.1, 0.15) is 23.5 Å². The second-order valence-corrected chi connectivity index (χ2v) is 7.18. The molecule has 7 nitrogen and oxygen atoms in total. The van der Waals surface area contributed by atoms with Crippen LogP contribution in [0.1, 0.15) is 0 Å². The summed E-state index contributed by atoms with van der Waals surface area (Å²) in [7, 11) is 0. The van der Waals surface area contributed by atoms with E-state index in [9.17, 15) is 18.8 Å². The molecule has 5 aromatic rings. The van der Waals surface area contributed by atoms with Crippen molar-refractivity contribution in [3.8, 4) is 5.69 Å². The maximum atomic E-state index is 13.5. The Hall–Kier alpha value is -4.46. The lowest BCUT2D eigenvalue weighted by Gasteiger charge is -2.12. The standard InChI is InChI=1S/C24H16FN3O4/c25-15-7-6-8-16(13-15)26-20(29)14-27-21-18-11-4-5-12-19(18)32-22(21)23(30)28(24(27)31)17-9-2-1-3-10-17/h1-13H,14H2,(H,26,29). The summed E-state index contributed by atoms with van der Waals surface area (Å²) in [6, 6.07) is 20.7. The lowest BCUT2D eigenvalue weighted by Crippen LogP contribution is -2.40. The normalized spacial score (nSPS) is 11.2. The Bertz CT molecular complexity index is 1600. The summed E-state index contributed by atoms with van der Waals surface area (Å²) in [4.78, 5) is 39.4. The summed E-state index contributed by atoms with van der Waals surface area (Å²) in [5.74, 6) is -1.05. The van der Waals surface area contributed by atoms with Crippen molar-refractivity contribution in [1.82, 2.24) is 9.13 Å². The quantitative estimate of drug-likeness (QED) is 0.472. The van der Waals surface area contributed by atoms with Gasteiger partial charge in [0.05, 0.1) is 5.69 Å². The van der Waals surface area contributed by atoms with Gasteiger partial charge in [-0.25, -0.2) is 13.8 Å². The van der Waals surface area contributed by atoms with Gasteiger partial charge in [-0.15, -0.1) is 0 Å². The van der Waals surface area contributed by atoms with Crippen LogP contribution in [0, 0.1) is 5.82 Å². The number of nitrogens with one attached hydrogen (secondary N) is 1. The number of amides is 1. The molecule has 158 valence electrons. The maximum Gasteiger partial charge on any atom is 0.336 e. The fourth-order valence-corrected chi connectivity index (χ4v) is 3.71. The third-order valence-corrected chi connectivity index (χ3v) is 5.08. The molecule has 0 saturated heterocycles. The van der Waals surface area contributed by atoms with Crippen molar-refractivity contribution in [3.05, 3.63) is 106 Å². The van der Waals surface area contributed by atoms with Crippen molar-refractivity contribution in [1.29, 1.82) is 0 Å². The van der Waals surface area contributed by atoms with E-state index in [2.05, 4.69) is 5.32 Å². The summed E-state index contributed by atoms with van der Waals surface area (Å²) in [6.45, 7) is -0.400. The van der Waals surface area contributed by atoms with Crippen LogP contribution in [-0.2, 0) is 11.3 Å². The van der Waals surface area contributed by atoms with Crippen LogP contribution in [0.3, 0.4) is 0 Å². The zero-order valence-corrected chi connectivity index (χ0v) is 16.6. The Labute approximate surface area is 179 Å². The predicted molar refractivity (Wildman–Crippen MR) is 119 cm³/mol. The van der Waals surface area contributed by atoms with Gasteiger partial charge in [0.2, 0.25) is 11.5 Å². The fourth-order valence-electron chi connectivity index (χ4n) is 3.71. The molecule has 3 aromatic carbocycles. The van der Waals surface area contributed by atoms with Crippen LogP contribution in [0.2, 0.25) is 0 Å². The van der Waals surface area contributed by atoms with Gasteiger partial charge >= 0.3 is 11.2 Å². The molecule has 0 radical (unpaired) electrons. The van der Waals surface area contributed by atoms with Gasteiger partial charge < -0.3 is 9.73 Å². The minimum Gasteiger partial charge on any atom is -0.449 e. The van der Waals surface area contributed by atoms with Crippen molar-refractivity contribution >= 4 is 33.7 Å². The van der Waals surface area contributed by atoms with Crippen molar-refractivity contribution in [3.63, 3.8) is 0 Å². The highest BCUT2D eigenvalue weighted by atomic mass is 19.1. The smallest absolute Gasteiger partial charge is 0.336 e. The van der Waals surface area contributed by atoms with E-state index < -0.39 is 29.5 Å². The molecule has 0 aliphatic carbocycles. The average molecular weight is 429 g/mol. The van der Waals surface area contributed by atoms with Gasteiger partial charge in [-0.05, 0) is 42.5 Å². The van der Waals surface area contributed by atoms with Crippen molar-refractivity contribution < 1.29 is 13.6 Å². The van der Waals surface area contributed by atoms with Crippen LogP contribution in [-0.4, -0.2) is 15.0 Å². The van der Waals surface area contributed by atoms with E-state index >= 15 is 0 Å². The molecule has 2 aromatic heterocycles. The Kier molecular flexibility index (Phi) is 4.67. The molecule has 2 heterocycles.